The molecule has 0 unspecified atom stereocenters. The zero-order valence-corrected chi connectivity index (χ0v) is 20.9. The Labute approximate surface area is 205 Å². The van der Waals surface area contributed by atoms with Gasteiger partial charge in [0.05, 0.1) is 38.2 Å². The van der Waals surface area contributed by atoms with E-state index < -0.39 is 17.6 Å². The first kappa shape index (κ1) is 27.1. The highest BCUT2D eigenvalue weighted by Gasteiger charge is 2.17. The Bertz CT molecular complexity index is 1130. The Kier molecular flexibility index (Phi) is 9.53. The average molecular weight is 482 g/mol. The van der Waals surface area contributed by atoms with Crippen molar-refractivity contribution >= 4 is 29.3 Å². The molecule has 0 heterocycles. The number of anilines is 1. The number of carbonyl (C=O) groups is 2. The molecule has 0 aliphatic rings. The van der Waals surface area contributed by atoms with Gasteiger partial charge in [0.15, 0.2) is 11.5 Å². The van der Waals surface area contributed by atoms with Crippen LogP contribution in [0.3, 0.4) is 0 Å². The molecule has 0 saturated carbocycles. The van der Waals surface area contributed by atoms with Gasteiger partial charge in [-0.1, -0.05) is 6.07 Å². The molecule has 9 heteroatoms. The van der Waals surface area contributed by atoms with Crippen molar-refractivity contribution in [2.24, 2.45) is 0 Å². The summed E-state index contributed by atoms with van der Waals surface area (Å²) in [5, 5.41) is 14.9. The summed E-state index contributed by atoms with van der Waals surface area (Å²) in [6, 6.07) is 12.6. The quantitative estimate of drug-likeness (QED) is 0.396. The number of allylic oxidation sites excluding steroid dienone is 1. The molecule has 2 rings (SSSR count). The van der Waals surface area contributed by atoms with E-state index >= 15 is 0 Å². The van der Waals surface area contributed by atoms with E-state index in [1.807, 2.05) is 6.92 Å². The third-order valence-electron chi connectivity index (χ3n) is 4.50. The van der Waals surface area contributed by atoms with Crippen molar-refractivity contribution in [2.45, 2.75) is 33.3 Å². The SMILES string of the molecule is CCOc1cc(C(C#N)=Cc2ccc(OC)c(NC(=O)CNC(=O)OC(C)(C)C)c2)ccc1OC. The van der Waals surface area contributed by atoms with Crippen molar-refractivity contribution in [1.29, 1.82) is 5.26 Å². The molecule has 9 nitrogen and oxygen atoms in total. The van der Waals surface area contributed by atoms with Crippen LogP contribution in [0.1, 0.15) is 38.8 Å². The third kappa shape index (κ3) is 8.27. The van der Waals surface area contributed by atoms with Crippen LogP contribution in [-0.2, 0) is 9.53 Å². The lowest BCUT2D eigenvalue weighted by molar-refractivity contribution is -0.115. The highest BCUT2D eigenvalue weighted by molar-refractivity contribution is 5.96. The van der Waals surface area contributed by atoms with E-state index in [-0.39, 0.29) is 6.54 Å². The number of rotatable bonds is 9. The number of benzene rings is 2. The van der Waals surface area contributed by atoms with Gasteiger partial charge in [-0.15, -0.1) is 0 Å². The second-order valence-electron chi connectivity index (χ2n) is 8.33. The summed E-state index contributed by atoms with van der Waals surface area (Å²) in [5.74, 6) is 1.07. The van der Waals surface area contributed by atoms with Crippen molar-refractivity contribution in [3.05, 3.63) is 47.5 Å². The number of hydrogen-bond acceptors (Lipinski definition) is 7. The number of alkyl carbamates (subject to hydrolysis) is 1. The second kappa shape index (κ2) is 12.3. The van der Waals surface area contributed by atoms with Crippen LogP contribution in [0.2, 0.25) is 0 Å². The summed E-state index contributed by atoms with van der Waals surface area (Å²) >= 11 is 0. The fourth-order valence-corrected chi connectivity index (χ4v) is 3.03. The van der Waals surface area contributed by atoms with Crippen molar-refractivity contribution in [3.8, 4) is 23.3 Å². The molecule has 0 fully saturated rings. The van der Waals surface area contributed by atoms with Gasteiger partial charge in [-0.05, 0) is 75.2 Å². The predicted molar refractivity (Wildman–Crippen MR) is 134 cm³/mol. The highest BCUT2D eigenvalue weighted by Crippen LogP contribution is 2.32. The number of methoxy groups -OCH3 is 2. The van der Waals surface area contributed by atoms with E-state index in [0.29, 0.717) is 46.2 Å². The Morgan fingerprint density at radius 3 is 2.31 bits per heavy atom. The summed E-state index contributed by atoms with van der Waals surface area (Å²) in [6.45, 7) is 7.23. The zero-order chi connectivity index (χ0) is 26.0. The van der Waals surface area contributed by atoms with Crippen LogP contribution in [0.25, 0.3) is 11.6 Å². The first-order valence-corrected chi connectivity index (χ1v) is 11.0. The Morgan fingerprint density at radius 2 is 1.71 bits per heavy atom. The summed E-state index contributed by atoms with van der Waals surface area (Å²) in [5.41, 5.74) is 1.42. The van der Waals surface area contributed by atoms with Gasteiger partial charge in [0, 0.05) is 0 Å². The Morgan fingerprint density at radius 1 is 1.03 bits per heavy atom. The maximum Gasteiger partial charge on any atom is 0.408 e. The molecule has 0 radical (unpaired) electrons. The van der Waals surface area contributed by atoms with E-state index in [4.69, 9.17) is 18.9 Å². The fraction of sp³-hybridized carbons (Fsp3) is 0.346. The lowest BCUT2D eigenvalue weighted by Crippen LogP contribution is -2.37. The summed E-state index contributed by atoms with van der Waals surface area (Å²) in [7, 11) is 3.03. The number of nitriles is 1. The van der Waals surface area contributed by atoms with Crippen molar-refractivity contribution in [1.82, 2.24) is 5.32 Å². The summed E-state index contributed by atoms with van der Waals surface area (Å²) in [4.78, 5) is 24.2. The van der Waals surface area contributed by atoms with Gasteiger partial charge >= 0.3 is 6.09 Å². The third-order valence-corrected chi connectivity index (χ3v) is 4.50. The van der Waals surface area contributed by atoms with Crippen molar-refractivity contribution < 1.29 is 28.5 Å². The maximum absolute atomic E-state index is 12.4. The van der Waals surface area contributed by atoms with Gasteiger partial charge < -0.3 is 29.6 Å². The second-order valence-corrected chi connectivity index (χ2v) is 8.33. The number of amides is 2. The lowest BCUT2D eigenvalue weighted by Gasteiger charge is -2.19. The summed E-state index contributed by atoms with van der Waals surface area (Å²) < 4.78 is 21.4. The molecular formula is C26H31N3O6. The molecule has 0 atom stereocenters. The fourth-order valence-electron chi connectivity index (χ4n) is 3.03. The summed E-state index contributed by atoms with van der Waals surface area (Å²) in [6.07, 6.45) is 0.992. The number of carbonyl (C=O) groups excluding carboxylic acids is 2. The maximum atomic E-state index is 12.4. The minimum absolute atomic E-state index is 0.284. The van der Waals surface area contributed by atoms with E-state index in [1.165, 1.54) is 7.11 Å². The first-order valence-electron chi connectivity index (χ1n) is 11.0. The average Bonchev–Trinajstić information content (AvgIpc) is 2.80. The smallest absolute Gasteiger partial charge is 0.408 e. The van der Waals surface area contributed by atoms with Gasteiger partial charge in [0.1, 0.15) is 17.9 Å². The molecule has 2 aromatic carbocycles. The Balaban J connectivity index is 2.25. The molecule has 0 bridgehead atoms. The van der Waals surface area contributed by atoms with Gasteiger partial charge in [-0.3, -0.25) is 4.79 Å². The monoisotopic (exact) mass is 481 g/mol. The normalized spacial score (nSPS) is 11.2. The van der Waals surface area contributed by atoms with E-state index in [0.717, 1.165) is 0 Å². The standard InChI is InChI=1S/C26H31N3O6/c1-7-34-23-14-18(9-11-22(23)33-6)19(15-27)12-17-8-10-21(32-5)20(13-17)29-24(30)16-28-25(31)35-26(2,3)4/h8-14H,7,16H2,1-6H3,(H,28,31)(H,29,30). The lowest BCUT2D eigenvalue weighted by atomic mass is 10.0. The van der Waals surface area contributed by atoms with Crippen LogP contribution in [0.15, 0.2) is 36.4 Å². The molecule has 2 amide bonds. The molecule has 35 heavy (non-hydrogen) atoms. The molecular weight excluding hydrogens is 450 g/mol. The number of nitrogens with zero attached hydrogens (tertiary/aromatic N) is 1. The molecule has 2 aromatic rings. The molecule has 0 aliphatic heterocycles. The van der Waals surface area contributed by atoms with Crippen LogP contribution >= 0.6 is 0 Å². The molecule has 186 valence electrons. The van der Waals surface area contributed by atoms with Crippen LogP contribution < -0.4 is 24.8 Å². The molecule has 0 aliphatic carbocycles. The molecule has 0 saturated heterocycles. The first-order chi connectivity index (χ1) is 16.6. The number of hydrogen-bond donors (Lipinski definition) is 2. The van der Waals surface area contributed by atoms with E-state index in [9.17, 15) is 14.9 Å². The predicted octanol–water partition coefficient (Wildman–Crippen LogP) is 4.63. The molecule has 0 aromatic heterocycles. The number of nitrogens with one attached hydrogen (secondary N) is 2. The zero-order valence-electron chi connectivity index (χ0n) is 20.9. The topological polar surface area (TPSA) is 119 Å². The van der Waals surface area contributed by atoms with Crippen LogP contribution in [0.5, 0.6) is 17.2 Å². The highest BCUT2D eigenvalue weighted by atomic mass is 16.6. The van der Waals surface area contributed by atoms with Gasteiger partial charge in [-0.25, -0.2) is 4.79 Å². The largest absolute Gasteiger partial charge is 0.495 e. The van der Waals surface area contributed by atoms with Gasteiger partial charge in [0.2, 0.25) is 5.91 Å². The minimum atomic E-state index is -0.694. The van der Waals surface area contributed by atoms with Crippen LogP contribution in [-0.4, -0.2) is 45.0 Å². The molecule has 0 spiro atoms. The van der Waals surface area contributed by atoms with Crippen LogP contribution in [0.4, 0.5) is 10.5 Å². The minimum Gasteiger partial charge on any atom is -0.495 e. The van der Waals surface area contributed by atoms with E-state index in [2.05, 4.69) is 16.7 Å². The Hall–Kier alpha value is -4.19. The number of ether oxygens (including phenoxy) is 4. The van der Waals surface area contributed by atoms with Crippen molar-refractivity contribution in [3.63, 3.8) is 0 Å². The van der Waals surface area contributed by atoms with E-state index in [1.54, 1.807) is 70.4 Å². The van der Waals surface area contributed by atoms with Gasteiger partial charge in [-0.2, -0.15) is 5.26 Å². The van der Waals surface area contributed by atoms with Crippen LogP contribution in [0, 0.1) is 11.3 Å². The van der Waals surface area contributed by atoms with Crippen molar-refractivity contribution in [2.75, 3.05) is 32.7 Å². The van der Waals surface area contributed by atoms with Gasteiger partial charge in [0.25, 0.3) is 0 Å². The molecule has 2 N–H and O–H groups in total.